The van der Waals surface area contributed by atoms with Gasteiger partial charge in [-0.3, -0.25) is 0 Å². The van der Waals surface area contributed by atoms with Crippen LogP contribution in [0.1, 0.15) is 23.0 Å². The molecule has 2 rings (SSSR count). The molecule has 1 heterocycles. The second-order valence-electron chi connectivity index (χ2n) is 3.83. The lowest BCUT2D eigenvalue weighted by Crippen LogP contribution is -2.08. The molecular weight excluding hydrogens is 379 g/mol. The zero-order valence-electron chi connectivity index (χ0n) is 10.5. The number of aryl methyl sites for hydroxylation is 1. The van der Waals surface area contributed by atoms with E-state index < -0.39 is 0 Å². The molecule has 1 aromatic carbocycles. The molecule has 100 valence electrons. The van der Waals surface area contributed by atoms with Crippen molar-refractivity contribution in [3.63, 3.8) is 0 Å². The van der Waals surface area contributed by atoms with Crippen molar-refractivity contribution in [3.8, 4) is 5.69 Å². The Kier molecular flexibility index (Phi) is 4.46. The number of esters is 1. The van der Waals surface area contributed by atoms with Gasteiger partial charge in [-0.25, -0.2) is 9.48 Å². The molecule has 0 N–H and O–H groups in total. The molecule has 6 heteroatoms. The van der Waals surface area contributed by atoms with Gasteiger partial charge in [0.05, 0.1) is 23.0 Å². The van der Waals surface area contributed by atoms with Crippen LogP contribution in [0.25, 0.3) is 5.69 Å². The Morgan fingerprint density at radius 2 is 2.16 bits per heavy atom. The second-order valence-corrected chi connectivity index (χ2v) is 5.26. The molecule has 0 saturated carbocycles. The van der Waals surface area contributed by atoms with Gasteiger partial charge in [-0.1, -0.05) is 23.7 Å². The van der Waals surface area contributed by atoms with E-state index in [2.05, 4.69) is 27.7 Å². The number of hydrogen-bond acceptors (Lipinski definition) is 3. The molecule has 1 aromatic heterocycles. The number of ether oxygens (including phenoxy) is 1. The summed E-state index contributed by atoms with van der Waals surface area (Å²) < 4.78 is 7.39. The summed E-state index contributed by atoms with van der Waals surface area (Å²) in [4.78, 5) is 11.9. The van der Waals surface area contributed by atoms with E-state index in [9.17, 15) is 4.79 Å². The van der Waals surface area contributed by atoms with E-state index in [-0.39, 0.29) is 5.97 Å². The maximum absolute atomic E-state index is 11.9. The zero-order chi connectivity index (χ0) is 14.0. The largest absolute Gasteiger partial charge is 0.462 e. The van der Waals surface area contributed by atoms with E-state index in [0.717, 1.165) is 5.69 Å². The van der Waals surface area contributed by atoms with E-state index in [1.165, 1.54) is 0 Å². The van der Waals surface area contributed by atoms with E-state index >= 15 is 0 Å². The summed E-state index contributed by atoms with van der Waals surface area (Å²) in [6, 6.07) is 7.36. The fraction of sp³-hybridized carbons (Fsp3) is 0.231. The summed E-state index contributed by atoms with van der Waals surface area (Å²) in [6.45, 7) is 3.89. The molecule has 0 unspecified atom stereocenters. The molecule has 0 aliphatic heterocycles. The van der Waals surface area contributed by atoms with Crippen molar-refractivity contribution < 1.29 is 9.53 Å². The van der Waals surface area contributed by atoms with Gasteiger partial charge in [-0.2, -0.15) is 5.10 Å². The highest BCUT2D eigenvalue weighted by Gasteiger charge is 2.22. The molecule has 19 heavy (non-hydrogen) atoms. The molecule has 0 amide bonds. The minimum Gasteiger partial charge on any atom is -0.462 e. The first-order valence-electron chi connectivity index (χ1n) is 5.73. The number of nitrogens with zero attached hydrogens (tertiary/aromatic N) is 2. The first-order chi connectivity index (χ1) is 9.06. The summed E-state index contributed by atoms with van der Waals surface area (Å²) in [7, 11) is 0. The van der Waals surface area contributed by atoms with Crippen LogP contribution in [0.3, 0.4) is 0 Å². The average molecular weight is 391 g/mol. The number of hydrogen-bond donors (Lipinski definition) is 0. The first kappa shape index (κ1) is 14.3. The third-order valence-electron chi connectivity index (χ3n) is 2.56. The number of rotatable bonds is 3. The monoisotopic (exact) mass is 390 g/mol. The van der Waals surface area contributed by atoms with E-state index in [1.54, 1.807) is 24.6 Å². The molecule has 0 radical (unpaired) electrons. The molecule has 0 atom stereocenters. The van der Waals surface area contributed by atoms with Gasteiger partial charge in [0.1, 0.15) is 9.26 Å². The van der Waals surface area contributed by atoms with Crippen molar-refractivity contribution in [2.75, 3.05) is 6.61 Å². The maximum Gasteiger partial charge on any atom is 0.342 e. The van der Waals surface area contributed by atoms with Gasteiger partial charge in [0.15, 0.2) is 0 Å². The standard InChI is InChI=1S/C13H12ClIN2O2/c1-3-19-13(18)11-8(2)16-17(12(11)15)10-7-5-4-6-9(10)14/h4-7H,3H2,1-2H3. The quantitative estimate of drug-likeness (QED) is 0.594. The van der Waals surface area contributed by atoms with E-state index in [4.69, 9.17) is 16.3 Å². The highest BCUT2D eigenvalue weighted by molar-refractivity contribution is 14.1. The maximum atomic E-state index is 11.9. The number of benzene rings is 1. The molecule has 0 bridgehead atoms. The Hall–Kier alpha value is -1.08. The van der Waals surface area contributed by atoms with Crippen LogP contribution in [0.4, 0.5) is 0 Å². The van der Waals surface area contributed by atoms with Crippen molar-refractivity contribution in [3.05, 3.63) is 44.2 Å². The van der Waals surface area contributed by atoms with Gasteiger partial charge in [-0.05, 0) is 48.6 Å². The van der Waals surface area contributed by atoms with Crippen LogP contribution >= 0.6 is 34.2 Å². The van der Waals surface area contributed by atoms with Crippen LogP contribution in [0.5, 0.6) is 0 Å². The Labute approximate surface area is 129 Å². The molecule has 0 saturated heterocycles. The summed E-state index contributed by atoms with van der Waals surface area (Å²) in [5.41, 5.74) is 1.86. The lowest BCUT2D eigenvalue weighted by molar-refractivity contribution is 0.0524. The number of aromatic nitrogens is 2. The van der Waals surface area contributed by atoms with Crippen molar-refractivity contribution >= 4 is 40.2 Å². The average Bonchev–Trinajstić information content (AvgIpc) is 2.66. The third-order valence-corrected chi connectivity index (χ3v) is 3.88. The van der Waals surface area contributed by atoms with E-state index in [1.807, 2.05) is 18.2 Å². The summed E-state index contributed by atoms with van der Waals surface area (Å²) in [5, 5.41) is 4.95. The molecule has 2 aromatic rings. The molecule has 0 aliphatic carbocycles. The Morgan fingerprint density at radius 3 is 2.79 bits per heavy atom. The normalized spacial score (nSPS) is 10.5. The van der Waals surface area contributed by atoms with Crippen LogP contribution in [-0.2, 0) is 4.74 Å². The van der Waals surface area contributed by atoms with Crippen LogP contribution in [0.2, 0.25) is 5.02 Å². The topological polar surface area (TPSA) is 44.1 Å². The zero-order valence-corrected chi connectivity index (χ0v) is 13.4. The number of carbonyl (C=O) groups excluding carboxylic acids is 1. The summed E-state index contributed by atoms with van der Waals surface area (Å²) >= 11 is 8.23. The van der Waals surface area contributed by atoms with Gasteiger partial charge in [-0.15, -0.1) is 0 Å². The third kappa shape index (κ3) is 2.76. The predicted molar refractivity (Wildman–Crippen MR) is 82.0 cm³/mol. The van der Waals surface area contributed by atoms with Gasteiger partial charge in [0, 0.05) is 0 Å². The van der Waals surface area contributed by atoms with Crippen LogP contribution in [-0.4, -0.2) is 22.4 Å². The lowest BCUT2D eigenvalue weighted by atomic mass is 10.3. The van der Waals surface area contributed by atoms with Crippen LogP contribution in [0.15, 0.2) is 24.3 Å². The highest BCUT2D eigenvalue weighted by atomic mass is 127. The Bertz CT molecular complexity index is 625. The number of para-hydroxylation sites is 1. The van der Waals surface area contributed by atoms with Crippen molar-refractivity contribution in [2.45, 2.75) is 13.8 Å². The predicted octanol–water partition coefficient (Wildman–Crippen LogP) is 3.62. The minimum atomic E-state index is -0.359. The summed E-state index contributed by atoms with van der Waals surface area (Å²) in [5.74, 6) is -0.359. The first-order valence-corrected chi connectivity index (χ1v) is 7.19. The number of halogens is 2. The van der Waals surface area contributed by atoms with Gasteiger partial charge < -0.3 is 4.74 Å². The van der Waals surface area contributed by atoms with Crippen molar-refractivity contribution in [2.24, 2.45) is 0 Å². The van der Waals surface area contributed by atoms with Crippen molar-refractivity contribution in [1.82, 2.24) is 9.78 Å². The minimum absolute atomic E-state index is 0.339. The molecule has 0 spiro atoms. The van der Waals surface area contributed by atoms with Crippen molar-refractivity contribution in [1.29, 1.82) is 0 Å². The fourth-order valence-corrected chi connectivity index (χ4v) is 2.91. The highest BCUT2D eigenvalue weighted by Crippen LogP contribution is 2.25. The lowest BCUT2D eigenvalue weighted by Gasteiger charge is -2.05. The molecule has 4 nitrogen and oxygen atoms in total. The molecule has 0 aliphatic rings. The number of carbonyl (C=O) groups is 1. The molecule has 0 fully saturated rings. The fourth-order valence-electron chi connectivity index (χ4n) is 1.72. The SMILES string of the molecule is CCOC(=O)c1c(C)nn(-c2ccccc2Cl)c1I. The second kappa shape index (κ2) is 5.92. The molecular formula is C13H12ClIN2O2. The van der Waals surface area contributed by atoms with Gasteiger partial charge >= 0.3 is 5.97 Å². The Balaban J connectivity index is 2.54. The van der Waals surface area contributed by atoms with Gasteiger partial charge in [0.25, 0.3) is 0 Å². The summed E-state index contributed by atoms with van der Waals surface area (Å²) in [6.07, 6.45) is 0. The van der Waals surface area contributed by atoms with Gasteiger partial charge in [0.2, 0.25) is 0 Å². The Morgan fingerprint density at radius 1 is 1.47 bits per heavy atom. The van der Waals surface area contributed by atoms with Crippen LogP contribution < -0.4 is 0 Å². The smallest absolute Gasteiger partial charge is 0.342 e. The van der Waals surface area contributed by atoms with Crippen LogP contribution in [0, 0.1) is 10.6 Å². The van der Waals surface area contributed by atoms with E-state index in [0.29, 0.717) is 26.6 Å².